The lowest BCUT2D eigenvalue weighted by Crippen LogP contribution is -2.33. The lowest BCUT2D eigenvalue weighted by molar-refractivity contribution is -0.126. The van der Waals surface area contributed by atoms with Gasteiger partial charge in [0.05, 0.1) is 23.6 Å². The van der Waals surface area contributed by atoms with E-state index in [0.717, 1.165) is 41.1 Å². The zero-order chi connectivity index (χ0) is 20.9. The van der Waals surface area contributed by atoms with Gasteiger partial charge in [-0.25, -0.2) is 4.98 Å². The molecule has 0 saturated carbocycles. The van der Waals surface area contributed by atoms with Gasteiger partial charge >= 0.3 is 0 Å². The van der Waals surface area contributed by atoms with Crippen LogP contribution >= 0.6 is 0 Å². The van der Waals surface area contributed by atoms with Gasteiger partial charge in [-0.2, -0.15) is 0 Å². The number of ether oxygens (including phenoxy) is 1. The van der Waals surface area contributed by atoms with Crippen molar-refractivity contribution in [3.8, 4) is 5.75 Å². The first-order valence-electron chi connectivity index (χ1n) is 10.4. The number of hydrogen-bond acceptors (Lipinski definition) is 4. The Labute approximate surface area is 175 Å². The fourth-order valence-corrected chi connectivity index (χ4v) is 3.76. The Morgan fingerprint density at radius 2 is 2.03 bits per heavy atom. The third-order valence-electron chi connectivity index (χ3n) is 5.28. The Bertz CT molecular complexity index is 995. The van der Waals surface area contributed by atoms with E-state index in [1.807, 2.05) is 55.5 Å². The number of amides is 2. The van der Waals surface area contributed by atoms with Gasteiger partial charge in [0.25, 0.3) is 0 Å². The predicted molar refractivity (Wildman–Crippen MR) is 115 cm³/mol. The highest BCUT2D eigenvalue weighted by molar-refractivity contribution is 6.00. The first kappa shape index (κ1) is 19.9. The number of para-hydroxylation sites is 2. The first-order chi connectivity index (χ1) is 14.6. The molecule has 4 rings (SSSR count). The van der Waals surface area contributed by atoms with Crippen LogP contribution in [0.15, 0.2) is 48.5 Å². The number of aromatic nitrogens is 2. The second-order valence-electron chi connectivity index (χ2n) is 7.43. The molecule has 1 unspecified atom stereocenters. The van der Waals surface area contributed by atoms with Gasteiger partial charge in [0.15, 0.2) is 0 Å². The van der Waals surface area contributed by atoms with Gasteiger partial charge < -0.3 is 19.9 Å². The highest BCUT2D eigenvalue weighted by Gasteiger charge is 2.34. The average Bonchev–Trinajstić information content (AvgIpc) is 3.35. The van der Waals surface area contributed by atoms with Crippen molar-refractivity contribution in [2.75, 3.05) is 24.6 Å². The number of imidazole rings is 1. The van der Waals surface area contributed by atoms with Crippen LogP contribution in [0.3, 0.4) is 0 Å². The van der Waals surface area contributed by atoms with Crippen LogP contribution in [-0.2, 0) is 16.0 Å². The fourth-order valence-electron chi connectivity index (χ4n) is 3.76. The summed E-state index contributed by atoms with van der Waals surface area (Å²) < 4.78 is 5.44. The number of fused-ring (bicyclic) bond motifs is 1. The molecule has 7 heteroatoms. The van der Waals surface area contributed by atoms with Gasteiger partial charge in [0.1, 0.15) is 11.6 Å². The van der Waals surface area contributed by atoms with Crippen LogP contribution in [0.25, 0.3) is 11.0 Å². The molecule has 1 aliphatic heterocycles. The summed E-state index contributed by atoms with van der Waals surface area (Å²) in [6.45, 7) is 3.49. The molecule has 2 N–H and O–H groups in total. The number of H-pyrrole nitrogens is 1. The Kier molecular flexibility index (Phi) is 5.97. The summed E-state index contributed by atoms with van der Waals surface area (Å²) in [7, 11) is 0. The number of nitrogens with zero attached hydrogens (tertiary/aromatic N) is 2. The second kappa shape index (κ2) is 8.98. The van der Waals surface area contributed by atoms with E-state index >= 15 is 0 Å². The van der Waals surface area contributed by atoms with Crippen LogP contribution in [-0.4, -0.2) is 41.5 Å². The number of nitrogens with one attached hydrogen (secondary N) is 2. The molecule has 1 fully saturated rings. The normalized spacial score (nSPS) is 16.2. The molecule has 0 aliphatic carbocycles. The lowest BCUT2D eigenvalue weighted by atomic mass is 10.1. The van der Waals surface area contributed by atoms with Crippen LogP contribution in [0.4, 0.5) is 5.69 Å². The largest absolute Gasteiger partial charge is 0.494 e. The number of benzene rings is 2. The molecule has 3 aromatic rings. The van der Waals surface area contributed by atoms with E-state index < -0.39 is 0 Å². The Morgan fingerprint density at radius 1 is 1.23 bits per heavy atom. The Morgan fingerprint density at radius 3 is 2.80 bits per heavy atom. The van der Waals surface area contributed by atoms with E-state index in [1.165, 1.54) is 0 Å². The molecule has 2 amide bonds. The van der Waals surface area contributed by atoms with Crippen LogP contribution in [0.1, 0.15) is 25.6 Å². The second-order valence-corrected chi connectivity index (χ2v) is 7.43. The van der Waals surface area contributed by atoms with Gasteiger partial charge in [-0.1, -0.05) is 12.1 Å². The molecule has 156 valence electrons. The summed E-state index contributed by atoms with van der Waals surface area (Å²) in [5.41, 5.74) is 2.77. The summed E-state index contributed by atoms with van der Waals surface area (Å²) in [6.07, 6.45) is 1.79. The molecule has 1 aliphatic rings. The molecule has 1 aromatic heterocycles. The molecule has 0 radical (unpaired) electrons. The maximum atomic E-state index is 12.5. The smallest absolute Gasteiger partial charge is 0.227 e. The quantitative estimate of drug-likeness (QED) is 0.563. The van der Waals surface area contributed by atoms with E-state index in [1.54, 1.807) is 4.90 Å². The number of aromatic amines is 1. The maximum absolute atomic E-state index is 12.5. The third kappa shape index (κ3) is 4.45. The summed E-state index contributed by atoms with van der Waals surface area (Å²) in [4.78, 5) is 34.4. The lowest BCUT2D eigenvalue weighted by Gasteiger charge is -2.17. The Hall–Kier alpha value is -3.35. The van der Waals surface area contributed by atoms with Gasteiger partial charge in [-0.05, 0) is 49.7 Å². The topological polar surface area (TPSA) is 87.3 Å². The van der Waals surface area contributed by atoms with Gasteiger partial charge in [-0.15, -0.1) is 0 Å². The van der Waals surface area contributed by atoms with Crippen molar-refractivity contribution in [1.82, 2.24) is 15.3 Å². The van der Waals surface area contributed by atoms with Crippen molar-refractivity contribution in [2.24, 2.45) is 5.92 Å². The minimum atomic E-state index is -0.324. The summed E-state index contributed by atoms with van der Waals surface area (Å²) in [6, 6.07) is 15.3. The van der Waals surface area contributed by atoms with Gasteiger partial charge in [0, 0.05) is 31.6 Å². The van der Waals surface area contributed by atoms with E-state index in [9.17, 15) is 9.59 Å². The molecule has 1 atom stereocenters. The highest BCUT2D eigenvalue weighted by Crippen LogP contribution is 2.27. The minimum Gasteiger partial charge on any atom is -0.494 e. The maximum Gasteiger partial charge on any atom is 0.227 e. The van der Waals surface area contributed by atoms with Crippen molar-refractivity contribution in [3.05, 3.63) is 54.4 Å². The molecular weight excluding hydrogens is 380 g/mol. The molecule has 30 heavy (non-hydrogen) atoms. The SMILES string of the molecule is CCOc1ccc(N2CC(C(=O)NCCCc3nc4ccccc4[nH]3)CC2=O)cc1. The zero-order valence-corrected chi connectivity index (χ0v) is 17.1. The van der Waals surface area contributed by atoms with Crippen LogP contribution in [0.5, 0.6) is 5.75 Å². The molecule has 7 nitrogen and oxygen atoms in total. The Balaban J connectivity index is 1.25. The predicted octanol–water partition coefficient (Wildman–Crippen LogP) is 3.06. The van der Waals surface area contributed by atoms with Gasteiger partial charge in [0.2, 0.25) is 11.8 Å². The molecule has 0 bridgehead atoms. The number of carbonyl (C=O) groups is 2. The number of anilines is 1. The van der Waals surface area contributed by atoms with Crippen LogP contribution in [0, 0.1) is 5.92 Å². The molecule has 2 heterocycles. The minimum absolute atomic E-state index is 0.0263. The molecular formula is C23H26N4O3. The summed E-state index contributed by atoms with van der Waals surface area (Å²) in [5, 5.41) is 2.97. The fraction of sp³-hybridized carbons (Fsp3) is 0.348. The number of hydrogen-bond donors (Lipinski definition) is 2. The number of rotatable bonds is 8. The average molecular weight is 406 g/mol. The molecule has 0 spiro atoms. The van der Waals surface area contributed by atoms with Crippen LogP contribution < -0.4 is 15.0 Å². The van der Waals surface area contributed by atoms with Crippen LogP contribution in [0.2, 0.25) is 0 Å². The van der Waals surface area contributed by atoms with Crippen molar-refractivity contribution >= 4 is 28.5 Å². The zero-order valence-electron chi connectivity index (χ0n) is 17.1. The van der Waals surface area contributed by atoms with Crippen molar-refractivity contribution in [2.45, 2.75) is 26.2 Å². The van der Waals surface area contributed by atoms with E-state index in [4.69, 9.17) is 4.74 Å². The van der Waals surface area contributed by atoms with Crippen molar-refractivity contribution in [3.63, 3.8) is 0 Å². The monoisotopic (exact) mass is 406 g/mol. The van der Waals surface area contributed by atoms with Gasteiger partial charge in [-0.3, -0.25) is 9.59 Å². The summed E-state index contributed by atoms with van der Waals surface area (Å²) in [5.74, 6) is 1.27. The first-order valence-corrected chi connectivity index (χ1v) is 10.4. The van der Waals surface area contributed by atoms with E-state index in [2.05, 4.69) is 15.3 Å². The molecule has 2 aromatic carbocycles. The third-order valence-corrected chi connectivity index (χ3v) is 5.28. The van der Waals surface area contributed by atoms with Crippen molar-refractivity contribution < 1.29 is 14.3 Å². The standard InChI is InChI=1S/C23H26N4O3/c1-2-30-18-11-9-17(10-12-18)27-15-16(14-22(27)28)23(29)24-13-5-8-21-25-19-6-3-4-7-20(19)26-21/h3-4,6-7,9-12,16H,2,5,8,13-15H2,1H3,(H,24,29)(H,25,26). The highest BCUT2D eigenvalue weighted by atomic mass is 16.5. The summed E-state index contributed by atoms with van der Waals surface area (Å²) >= 11 is 0. The number of carbonyl (C=O) groups excluding carboxylic acids is 2. The van der Waals surface area contributed by atoms with Crippen molar-refractivity contribution in [1.29, 1.82) is 0 Å². The molecule has 1 saturated heterocycles. The van der Waals surface area contributed by atoms with E-state index in [-0.39, 0.29) is 24.2 Å². The van der Waals surface area contributed by atoms with E-state index in [0.29, 0.717) is 19.7 Å². The number of aryl methyl sites for hydroxylation is 1.